The Bertz CT molecular complexity index is 275. The summed E-state index contributed by atoms with van der Waals surface area (Å²) in [5.74, 6) is -1.10. The number of carboxylic acids is 1. The first-order valence-electron chi connectivity index (χ1n) is 6.82. The molecular weight excluding hydrogens is 232 g/mol. The van der Waals surface area contributed by atoms with Crippen molar-refractivity contribution in [3.63, 3.8) is 0 Å². The molecule has 0 aromatic rings. The van der Waals surface area contributed by atoms with Gasteiger partial charge in [-0.25, -0.2) is 0 Å². The maximum Gasteiger partial charge on any atom is 0.306 e. The Morgan fingerprint density at radius 2 is 2.00 bits per heavy atom. The molecule has 104 valence electrons. The third kappa shape index (κ3) is 6.00. The number of carbonyl (C=O) groups is 2. The van der Waals surface area contributed by atoms with Crippen molar-refractivity contribution in [1.82, 2.24) is 10.6 Å². The zero-order valence-electron chi connectivity index (χ0n) is 11.1. The van der Waals surface area contributed by atoms with Gasteiger partial charge in [0.25, 0.3) is 0 Å². The molecule has 0 aliphatic heterocycles. The first kappa shape index (κ1) is 15.0. The molecule has 1 atom stereocenters. The molecule has 0 aromatic heterocycles. The number of amides is 1. The maximum absolute atomic E-state index is 11.5. The molecule has 1 aliphatic carbocycles. The summed E-state index contributed by atoms with van der Waals surface area (Å²) >= 11 is 0. The summed E-state index contributed by atoms with van der Waals surface area (Å²) in [4.78, 5) is 22.1. The van der Waals surface area contributed by atoms with Gasteiger partial charge in [-0.3, -0.25) is 9.59 Å². The Kier molecular flexibility index (Phi) is 6.72. The lowest BCUT2D eigenvalue weighted by molar-refractivity contribution is -0.141. The summed E-state index contributed by atoms with van der Waals surface area (Å²) < 4.78 is 0. The quantitative estimate of drug-likeness (QED) is 0.569. The van der Waals surface area contributed by atoms with Crippen molar-refractivity contribution in [2.75, 3.05) is 13.1 Å². The molecule has 0 spiro atoms. The van der Waals surface area contributed by atoms with E-state index in [1.54, 1.807) is 6.92 Å². The third-order valence-electron chi connectivity index (χ3n) is 3.46. The monoisotopic (exact) mass is 256 g/mol. The smallest absolute Gasteiger partial charge is 0.306 e. The highest BCUT2D eigenvalue weighted by Gasteiger charge is 2.15. The van der Waals surface area contributed by atoms with Gasteiger partial charge in [0.2, 0.25) is 5.91 Å². The summed E-state index contributed by atoms with van der Waals surface area (Å²) in [5, 5.41) is 14.7. The van der Waals surface area contributed by atoms with Gasteiger partial charge in [-0.05, 0) is 25.7 Å². The van der Waals surface area contributed by atoms with Gasteiger partial charge in [0.05, 0.1) is 12.5 Å². The fraction of sp³-hybridized carbons (Fsp3) is 0.846. The molecule has 18 heavy (non-hydrogen) atoms. The molecule has 0 radical (unpaired) electrons. The van der Waals surface area contributed by atoms with Crippen LogP contribution in [0, 0.1) is 5.92 Å². The number of hydrogen-bond donors (Lipinski definition) is 3. The SMILES string of the molecule is CC(CCCNC(=O)CNC1CCCC1)C(=O)O. The van der Waals surface area contributed by atoms with Crippen molar-refractivity contribution in [1.29, 1.82) is 0 Å². The minimum Gasteiger partial charge on any atom is -0.481 e. The van der Waals surface area contributed by atoms with E-state index in [1.807, 2.05) is 0 Å². The molecule has 1 saturated carbocycles. The molecular formula is C13H24N2O3. The predicted octanol–water partition coefficient (Wildman–Crippen LogP) is 1.14. The molecule has 0 heterocycles. The number of hydrogen-bond acceptors (Lipinski definition) is 3. The van der Waals surface area contributed by atoms with Gasteiger partial charge >= 0.3 is 5.97 Å². The lowest BCUT2D eigenvalue weighted by atomic mass is 10.1. The molecule has 0 aromatic carbocycles. The van der Waals surface area contributed by atoms with Gasteiger partial charge in [0.1, 0.15) is 0 Å². The zero-order valence-corrected chi connectivity index (χ0v) is 11.1. The molecule has 1 fully saturated rings. The van der Waals surface area contributed by atoms with Crippen LogP contribution in [-0.4, -0.2) is 36.1 Å². The van der Waals surface area contributed by atoms with E-state index in [-0.39, 0.29) is 11.8 Å². The van der Waals surface area contributed by atoms with Crippen molar-refractivity contribution in [2.45, 2.75) is 51.5 Å². The first-order valence-corrected chi connectivity index (χ1v) is 6.82. The zero-order chi connectivity index (χ0) is 13.4. The summed E-state index contributed by atoms with van der Waals surface area (Å²) in [5.41, 5.74) is 0. The number of aliphatic carboxylic acids is 1. The largest absolute Gasteiger partial charge is 0.481 e. The molecule has 1 aliphatic rings. The van der Waals surface area contributed by atoms with Gasteiger partial charge in [-0.1, -0.05) is 19.8 Å². The molecule has 1 unspecified atom stereocenters. The van der Waals surface area contributed by atoms with Crippen LogP contribution >= 0.6 is 0 Å². The van der Waals surface area contributed by atoms with E-state index in [2.05, 4.69) is 10.6 Å². The fourth-order valence-electron chi connectivity index (χ4n) is 2.19. The van der Waals surface area contributed by atoms with E-state index in [1.165, 1.54) is 25.7 Å². The fourth-order valence-corrected chi connectivity index (χ4v) is 2.19. The molecule has 3 N–H and O–H groups in total. The normalized spacial score (nSPS) is 17.6. The van der Waals surface area contributed by atoms with E-state index >= 15 is 0 Å². The molecule has 1 rings (SSSR count). The second kappa shape index (κ2) is 8.08. The van der Waals surface area contributed by atoms with Gasteiger partial charge in [-0.2, -0.15) is 0 Å². The predicted molar refractivity (Wildman–Crippen MR) is 69.3 cm³/mol. The Morgan fingerprint density at radius 3 is 2.61 bits per heavy atom. The average Bonchev–Trinajstić information content (AvgIpc) is 2.84. The van der Waals surface area contributed by atoms with Crippen LogP contribution in [0.2, 0.25) is 0 Å². The van der Waals surface area contributed by atoms with E-state index in [4.69, 9.17) is 5.11 Å². The van der Waals surface area contributed by atoms with Crippen molar-refractivity contribution >= 4 is 11.9 Å². The van der Waals surface area contributed by atoms with Crippen molar-refractivity contribution in [3.05, 3.63) is 0 Å². The summed E-state index contributed by atoms with van der Waals surface area (Å²) in [7, 11) is 0. The van der Waals surface area contributed by atoms with E-state index < -0.39 is 5.97 Å². The lowest BCUT2D eigenvalue weighted by Crippen LogP contribution is -2.38. The Morgan fingerprint density at radius 1 is 1.33 bits per heavy atom. The molecule has 5 nitrogen and oxygen atoms in total. The molecule has 5 heteroatoms. The standard InChI is InChI=1S/C13H24N2O3/c1-10(13(17)18)5-4-8-14-12(16)9-15-11-6-2-3-7-11/h10-11,15H,2-9H2,1H3,(H,14,16)(H,17,18). The minimum atomic E-state index is -0.774. The van der Waals surface area contributed by atoms with E-state index in [9.17, 15) is 9.59 Å². The van der Waals surface area contributed by atoms with E-state index in [0.29, 0.717) is 32.0 Å². The Labute approximate surface area is 108 Å². The van der Waals surface area contributed by atoms with Crippen LogP contribution in [0.15, 0.2) is 0 Å². The second-order valence-corrected chi connectivity index (χ2v) is 5.09. The summed E-state index contributed by atoms with van der Waals surface area (Å²) in [6, 6.07) is 0.503. The average molecular weight is 256 g/mol. The van der Waals surface area contributed by atoms with Gasteiger partial charge in [0.15, 0.2) is 0 Å². The van der Waals surface area contributed by atoms with Crippen LogP contribution in [-0.2, 0) is 9.59 Å². The summed E-state index contributed by atoms with van der Waals surface area (Å²) in [6.45, 7) is 2.62. The van der Waals surface area contributed by atoms with Crippen LogP contribution < -0.4 is 10.6 Å². The number of carboxylic acid groups (broad SMARTS) is 1. The highest BCUT2D eigenvalue weighted by molar-refractivity contribution is 5.78. The Balaban J connectivity index is 1.97. The van der Waals surface area contributed by atoms with Crippen LogP contribution in [0.25, 0.3) is 0 Å². The second-order valence-electron chi connectivity index (χ2n) is 5.09. The van der Waals surface area contributed by atoms with Crippen LogP contribution in [0.3, 0.4) is 0 Å². The van der Waals surface area contributed by atoms with Gasteiger partial charge < -0.3 is 15.7 Å². The number of rotatable bonds is 8. The van der Waals surface area contributed by atoms with Gasteiger partial charge in [0, 0.05) is 12.6 Å². The van der Waals surface area contributed by atoms with Crippen molar-refractivity contribution in [2.24, 2.45) is 5.92 Å². The van der Waals surface area contributed by atoms with Crippen LogP contribution in [0.1, 0.15) is 45.4 Å². The number of nitrogens with one attached hydrogen (secondary N) is 2. The van der Waals surface area contributed by atoms with E-state index in [0.717, 1.165) is 0 Å². The number of carbonyl (C=O) groups excluding carboxylic acids is 1. The molecule has 0 saturated heterocycles. The topological polar surface area (TPSA) is 78.4 Å². The molecule has 1 amide bonds. The summed E-state index contributed by atoms with van der Waals surface area (Å²) in [6.07, 6.45) is 6.17. The Hall–Kier alpha value is -1.10. The lowest BCUT2D eigenvalue weighted by Gasteiger charge is -2.12. The van der Waals surface area contributed by atoms with Gasteiger partial charge in [-0.15, -0.1) is 0 Å². The van der Waals surface area contributed by atoms with Crippen LogP contribution in [0.5, 0.6) is 0 Å². The third-order valence-corrected chi connectivity index (χ3v) is 3.46. The maximum atomic E-state index is 11.5. The first-order chi connectivity index (χ1) is 8.59. The highest BCUT2D eigenvalue weighted by Crippen LogP contribution is 2.17. The minimum absolute atomic E-state index is 0.00452. The van der Waals surface area contributed by atoms with Crippen molar-refractivity contribution in [3.8, 4) is 0 Å². The molecule has 0 bridgehead atoms. The van der Waals surface area contributed by atoms with Crippen molar-refractivity contribution < 1.29 is 14.7 Å². The highest BCUT2D eigenvalue weighted by atomic mass is 16.4. The van der Waals surface area contributed by atoms with Crippen LogP contribution in [0.4, 0.5) is 0 Å².